The molecular weight excluding hydrogens is 513 g/mol. The highest BCUT2D eigenvalue weighted by molar-refractivity contribution is 5.79. The van der Waals surface area contributed by atoms with E-state index in [-0.39, 0.29) is 30.9 Å². The number of imidazole rings is 1. The lowest BCUT2D eigenvalue weighted by Gasteiger charge is -2.28. The normalized spacial score (nSPS) is 18.8. The summed E-state index contributed by atoms with van der Waals surface area (Å²) in [6.07, 6.45) is 5.57. The SMILES string of the molecule is O=C(NCC1CC1)C1COC(Cc2nc(-c3ccc(F)cc3)c(-c3ccnc(NCc4ccccn4)n3)[nH]2)OC1. The predicted octanol–water partition coefficient (Wildman–Crippen LogP) is 3.74. The Bertz CT molecular complexity index is 1440. The number of amides is 1. The van der Waals surface area contributed by atoms with E-state index in [1.165, 1.54) is 25.0 Å². The highest BCUT2D eigenvalue weighted by atomic mass is 19.1. The van der Waals surface area contributed by atoms with Crippen LogP contribution in [0.4, 0.5) is 10.3 Å². The summed E-state index contributed by atoms with van der Waals surface area (Å²) < 4.78 is 25.4. The first-order valence-corrected chi connectivity index (χ1v) is 13.4. The number of pyridine rings is 1. The number of halogens is 1. The molecule has 2 aliphatic rings. The van der Waals surface area contributed by atoms with Crippen LogP contribution >= 0.6 is 0 Å². The van der Waals surface area contributed by atoms with Crippen molar-refractivity contribution in [2.24, 2.45) is 11.8 Å². The molecular formula is C29H30FN7O3. The van der Waals surface area contributed by atoms with Crippen molar-refractivity contribution >= 4 is 11.9 Å². The van der Waals surface area contributed by atoms with Crippen molar-refractivity contribution < 1.29 is 18.7 Å². The molecule has 0 bridgehead atoms. The smallest absolute Gasteiger partial charge is 0.227 e. The molecule has 6 rings (SSSR count). The zero-order valence-electron chi connectivity index (χ0n) is 21.8. The van der Waals surface area contributed by atoms with Crippen LogP contribution in [0.5, 0.6) is 0 Å². The second-order valence-corrected chi connectivity index (χ2v) is 10.0. The van der Waals surface area contributed by atoms with Gasteiger partial charge in [-0.1, -0.05) is 6.07 Å². The molecule has 0 spiro atoms. The van der Waals surface area contributed by atoms with Crippen LogP contribution in [0.1, 0.15) is 24.4 Å². The Morgan fingerprint density at radius 1 is 1.00 bits per heavy atom. The van der Waals surface area contributed by atoms with E-state index in [4.69, 9.17) is 14.5 Å². The van der Waals surface area contributed by atoms with E-state index in [0.717, 1.165) is 17.8 Å². The average molecular weight is 544 g/mol. The first-order chi connectivity index (χ1) is 19.6. The summed E-state index contributed by atoms with van der Waals surface area (Å²) in [4.78, 5) is 33.9. The summed E-state index contributed by atoms with van der Waals surface area (Å²) in [6.45, 7) is 1.77. The Morgan fingerprint density at radius 3 is 2.58 bits per heavy atom. The van der Waals surface area contributed by atoms with Gasteiger partial charge in [0.15, 0.2) is 6.29 Å². The van der Waals surface area contributed by atoms with Crippen LogP contribution < -0.4 is 10.6 Å². The molecule has 4 heterocycles. The molecule has 40 heavy (non-hydrogen) atoms. The zero-order valence-corrected chi connectivity index (χ0v) is 21.8. The van der Waals surface area contributed by atoms with Gasteiger partial charge < -0.3 is 25.1 Å². The first kappa shape index (κ1) is 26.0. The van der Waals surface area contributed by atoms with E-state index in [1.807, 2.05) is 18.2 Å². The molecule has 4 aromatic rings. The minimum atomic E-state index is -0.548. The summed E-state index contributed by atoms with van der Waals surface area (Å²) >= 11 is 0. The second-order valence-electron chi connectivity index (χ2n) is 10.0. The maximum atomic E-state index is 13.7. The third-order valence-electron chi connectivity index (χ3n) is 6.90. The van der Waals surface area contributed by atoms with Crippen LogP contribution in [0.2, 0.25) is 0 Å². The van der Waals surface area contributed by atoms with E-state index >= 15 is 0 Å². The molecule has 1 aliphatic heterocycles. The molecule has 3 N–H and O–H groups in total. The van der Waals surface area contributed by atoms with Crippen molar-refractivity contribution in [3.05, 3.63) is 78.3 Å². The molecule has 1 aliphatic carbocycles. The summed E-state index contributed by atoms with van der Waals surface area (Å²) in [5, 5.41) is 6.19. The summed E-state index contributed by atoms with van der Waals surface area (Å²) in [5.74, 6) is 0.999. The Hall–Kier alpha value is -4.22. The quantitative estimate of drug-likeness (QED) is 0.276. The van der Waals surface area contributed by atoms with Gasteiger partial charge in [0, 0.05) is 24.5 Å². The van der Waals surface area contributed by atoms with Crippen molar-refractivity contribution in [2.45, 2.75) is 32.1 Å². The van der Waals surface area contributed by atoms with Crippen LogP contribution in [-0.4, -0.2) is 56.9 Å². The van der Waals surface area contributed by atoms with Gasteiger partial charge in [-0.2, -0.15) is 0 Å². The molecule has 0 unspecified atom stereocenters. The van der Waals surface area contributed by atoms with Gasteiger partial charge in [-0.3, -0.25) is 9.78 Å². The number of anilines is 1. The van der Waals surface area contributed by atoms with Crippen LogP contribution in [0.15, 0.2) is 60.9 Å². The monoisotopic (exact) mass is 543 g/mol. The summed E-state index contributed by atoms with van der Waals surface area (Å²) in [7, 11) is 0. The Balaban J connectivity index is 1.17. The lowest BCUT2D eigenvalue weighted by Crippen LogP contribution is -2.43. The molecule has 3 aromatic heterocycles. The third-order valence-corrected chi connectivity index (χ3v) is 6.90. The summed E-state index contributed by atoms with van der Waals surface area (Å²) in [5.41, 5.74) is 3.51. The number of hydrogen-bond acceptors (Lipinski definition) is 8. The molecule has 11 heteroatoms. The highest BCUT2D eigenvalue weighted by Gasteiger charge is 2.30. The number of rotatable bonds is 10. The number of nitrogens with zero attached hydrogens (tertiary/aromatic N) is 4. The standard InChI is InChI=1S/C29H30FN7O3/c30-21-8-6-19(7-9-21)26-27(23-10-12-32-29(35-23)34-15-22-3-1-2-11-31-22)37-24(36-26)13-25-39-16-20(17-40-25)28(38)33-14-18-4-5-18/h1-3,6-12,18,20,25H,4-5,13-17H2,(H,33,38)(H,36,37)(H,32,34,35). The molecule has 1 saturated heterocycles. The number of carbonyl (C=O) groups excluding carboxylic acids is 1. The van der Waals surface area contributed by atoms with Gasteiger partial charge in [0.1, 0.15) is 11.6 Å². The van der Waals surface area contributed by atoms with Gasteiger partial charge in [-0.15, -0.1) is 0 Å². The Morgan fingerprint density at radius 2 is 1.82 bits per heavy atom. The molecule has 2 fully saturated rings. The van der Waals surface area contributed by atoms with E-state index in [0.29, 0.717) is 47.7 Å². The molecule has 0 atom stereocenters. The number of H-pyrrole nitrogens is 1. The van der Waals surface area contributed by atoms with Gasteiger partial charge in [0.2, 0.25) is 11.9 Å². The second kappa shape index (κ2) is 11.9. The minimum Gasteiger partial charge on any atom is -0.355 e. The Kier molecular flexibility index (Phi) is 7.73. The van der Waals surface area contributed by atoms with Crippen LogP contribution in [0.25, 0.3) is 22.6 Å². The summed E-state index contributed by atoms with van der Waals surface area (Å²) in [6, 6.07) is 13.6. The van der Waals surface area contributed by atoms with E-state index in [1.54, 1.807) is 30.6 Å². The van der Waals surface area contributed by atoms with Crippen molar-refractivity contribution in [1.29, 1.82) is 0 Å². The number of carbonyl (C=O) groups is 1. The van der Waals surface area contributed by atoms with Crippen LogP contribution in [0, 0.1) is 17.7 Å². The van der Waals surface area contributed by atoms with E-state index in [2.05, 4.69) is 30.6 Å². The van der Waals surface area contributed by atoms with E-state index in [9.17, 15) is 9.18 Å². The van der Waals surface area contributed by atoms with Crippen LogP contribution in [-0.2, 0) is 27.2 Å². The van der Waals surface area contributed by atoms with Gasteiger partial charge in [-0.25, -0.2) is 19.3 Å². The molecule has 1 amide bonds. The lowest BCUT2D eigenvalue weighted by atomic mass is 10.1. The maximum absolute atomic E-state index is 13.7. The van der Waals surface area contributed by atoms with Crippen molar-refractivity contribution in [3.8, 4) is 22.6 Å². The first-order valence-electron chi connectivity index (χ1n) is 13.4. The van der Waals surface area contributed by atoms with Crippen molar-refractivity contribution in [1.82, 2.24) is 30.2 Å². The number of benzene rings is 1. The largest absolute Gasteiger partial charge is 0.355 e. The number of aromatic nitrogens is 5. The molecule has 10 nitrogen and oxygen atoms in total. The molecule has 0 radical (unpaired) electrons. The predicted molar refractivity (Wildman–Crippen MR) is 145 cm³/mol. The fraction of sp³-hybridized carbons (Fsp3) is 0.345. The molecule has 206 valence electrons. The number of nitrogens with one attached hydrogen (secondary N) is 3. The van der Waals surface area contributed by atoms with Gasteiger partial charge in [0.05, 0.1) is 54.9 Å². The van der Waals surface area contributed by atoms with Gasteiger partial charge >= 0.3 is 0 Å². The maximum Gasteiger partial charge on any atom is 0.227 e. The fourth-order valence-electron chi connectivity index (χ4n) is 4.46. The highest BCUT2D eigenvalue weighted by Crippen LogP contribution is 2.31. The molecule has 1 aromatic carbocycles. The minimum absolute atomic E-state index is 0.0274. The van der Waals surface area contributed by atoms with Crippen molar-refractivity contribution in [3.63, 3.8) is 0 Å². The average Bonchev–Trinajstić information content (AvgIpc) is 3.74. The van der Waals surface area contributed by atoms with E-state index < -0.39 is 6.29 Å². The number of aromatic amines is 1. The lowest BCUT2D eigenvalue weighted by molar-refractivity contribution is -0.200. The third kappa shape index (κ3) is 6.49. The van der Waals surface area contributed by atoms with Gasteiger partial charge in [-0.05, 0) is 61.2 Å². The Labute approximate surface area is 230 Å². The van der Waals surface area contributed by atoms with Crippen LogP contribution in [0.3, 0.4) is 0 Å². The topological polar surface area (TPSA) is 127 Å². The fourth-order valence-corrected chi connectivity index (χ4v) is 4.46. The number of hydrogen-bond donors (Lipinski definition) is 3. The zero-order chi connectivity index (χ0) is 27.3. The van der Waals surface area contributed by atoms with Crippen molar-refractivity contribution in [2.75, 3.05) is 25.1 Å². The number of ether oxygens (including phenoxy) is 2. The molecule has 1 saturated carbocycles. The van der Waals surface area contributed by atoms with Gasteiger partial charge in [0.25, 0.3) is 0 Å².